The van der Waals surface area contributed by atoms with Crippen molar-refractivity contribution in [3.05, 3.63) is 58.5 Å². The second kappa shape index (κ2) is 7.04. The molecule has 0 fully saturated rings. The van der Waals surface area contributed by atoms with E-state index in [0.717, 1.165) is 5.56 Å². The first-order chi connectivity index (χ1) is 12.3. The van der Waals surface area contributed by atoms with E-state index >= 15 is 0 Å². The monoisotopic (exact) mass is 369 g/mol. The Hall–Kier alpha value is -2.46. The first kappa shape index (κ1) is 18.3. The molecular weight excluding hydrogens is 350 g/mol. The summed E-state index contributed by atoms with van der Waals surface area (Å²) < 4.78 is 6.07. The molecule has 1 aromatic carbocycles. The van der Waals surface area contributed by atoms with Gasteiger partial charge in [-0.3, -0.25) is 14.6 Å². The van der Waals surface area contributed by atoms with Gasteiger partial charge in [0.05, 0.1) is 11.8 Å². The molecule has 0 spiro atoms. The van der Waals surface area contributed by atoms with Gasteiger partial charge in [0.15, 0.2) is 5.78 Å². The molecule has 1 unspecified atom stereocenters. The van der Waals surface area contributed by atoms with Crippen molar-refractivity contribution in [1.82, 2.24) is 0 Å². The van der Waals surface area contributed by atoms with Gasteiger partial charge in [0.2, 0.25) is 0 Å². The van der Waals surface area contributed by atoms with Crippen LogP contribution in [0, 0.1) is 5.92 Å². The lowest BCUT2D eigenvalue weighted by atomic mass is 9.75. The molecule has 0 amide bonds. The zero-order valence-corrected chi connectivity index (χ0v) is 15.9. The summed E-state index contributed by atoms with van der Waals surface area (Å²) in [5.41, 5.74) is 2.71. The largest absolute Gasteiger partial charge is 0.460 e. The standard InChI is InChI=1S/C21H20ClNO3/c1-11-19(13(3)24)21(20(14(4)25)12(2)23-11)18-9-8-17(26-18)15-6-5-7-16(22)10-15/h5-10,19,21H,1-4H3/t19?,21-/m0/s1. The van der Waals surface area contributed by atoms with Crippen molar-refractivity contribution in [2.75, 3.05) is 0 Å². The molecule has 0 saturated carbocycles. The van der Waals surface area contributed by atoms with Crippen LogP contribution in [0.5, 0.6) is 0 Å². The minimum absolute atomic E-state index is 0.0387. The van der Waals surface area contributed by atoms with Gasteiger partial charge in [-0.15, -0.1) is 0 Å². The number of furan rings is 1. The van der Waals surface area contributed by atoms with Crippen LogP contribution < -0.4 is 0 Å². The maximum Gasteiger partial charge on any atom is 0.158 e. The van der Waals surface area contributed by atoms with Crippen molar-refractivity contribution in [3.8, 4) is 11.3 Å². The Morgan fingerprint density at radius 3 is 2.46 bits per heavy atom. The van der Waals surface area contributed by atoms with Crippen molar-refractivity contribution in [2.24, 2.45) is 10.9 Å². The molecule has 0 bridgehead atoms. The number of ketones is 2. The van der Waals surface area contributed by atoms with E-state index in [9.17, 15) is 9.59 Å². The number of allylic oxidation sites excluding steroid dienone is 2. The highest BCUT2D eigenvalue weighted by atomic mass is 35.5. The molecule has 0 aliphatic carbocycles. The van der Waals surface area contributed by atoms with E-state index in [0.29, 0.717) is 33.5 Å². The smallest absolute Gasteiger partial charge is 0.158 e. The van der Waals surface area contributed by atoms with Crippen molar-refractivity contribution in [3.63, 3.8) is 0 Å². The lowest BCUT2D eigenvalue weighted by molar-refractivity contribution is -0.119. The molecule has 3 rings (SSSR count). The lowest BCUT2D eigenvalue weighted by Gasteiger charge is -2.29. The van der Waals surface area contributed by atoms with E-state index in [-0.39, 0.29) is 11.6 Å². The number of benzene rings is 1. The van der Waals surface area contributed by atoms with E-state index in [2.05, 4.69) is 4.99 Å². The van der Waals surface area contributed by atoms with E-state index < -0.39 is 11.8 Å². The fourth-order valence-electron chi connectivity index (χ4n) is 3.65. The number of hydrogen-bond donors (Lipinski definition) is 0. The first-order valence-corrected chi connectivity index (χ1v) is 8.80. The molecule has 5 heteroatoms. The molecule has 2 aromatic rings. The molecule has 26 heavy (non-hydrogen) atoms. The van der Waals surface area contributed by atoms with Gasteiger partial charge in [0.25, 0.3) is 0 Å². The summed E-state index contributed by atoms with van der Waals surface area (Å²) in [6.45, 7) is 6.64. The van der Waals surface area contributed by atoms with Gasteiger partial charge in [-0.05, 0) is 52.0 Å². The molecule has 4 nitrogen and oxygen atoms in total. The van der Waals surface area contributed by atoms with E-state index in [1.165, 1.54) is 13.8 Å². The van der Waals surface area contributed by atoms with Crippen LogP contribution in [0.15, 0.2) is 57.1 Å². The highest BCUT2D eigenvalue weighted by Crippen LogP contribution is 2.41. The van der Waals surface area contributed by atoms with Gasteiger partial charge in [0, 0.05) is 27.6 Å². The topological polar surface area (TPSA) is 59.6 Å². The molecule has 2 atom stereocenters. The third-order valence-electron chi connectivity index (χ3n) is 4.69. The summed E-state index contributed by atoms with van der Waals surface area (Å²) in [5.74, 6) is 0.120. The first-order valence-electron chi connectivity index (χ1n) is 8.42. The Balaban J connectivity index is 2.12. The highest BCUT2D eigenvalue weighted by molar-refractivity contribution is 6.30. The maximum atomic E-state index is 12.3. The second-order valence-electron chi connectivity index (χ2n) is 6.59. The van der Waals surface area contributed by atoms with Crippen molar-refractivity contribution >= 4 is 28.9 Å². The number of Topliss-reactive ketones (excluding diaryl/α,β-unsaturated/α-hetero) is 2. The summed E-state index contributed by atoms with van der Waals surface area (Å²) in [6.07, 6.45) is 0. The highest BCUT2D eigenvalue weighted by Gasteiger charge is 2.39. The predicted molar refractivity (Wildman–Crippen MR) is 103 cm³/mol. The summed E-state index contributed by atoms with van der Waals surface area (Å²) in [5, 5.41) is 0.614. The van der Waals surface area contributed by atoms with Crippen molar-refractivity contribution in [1.29, 1.82) is 0 Å². The number of hydrogen-bond acceptors (Lipinski definition) is 4. The van der Waals surface area contributed by atoms with Gasteiger partial charge in [-0.25, -0.2) is 0 Å². The lowest BCUT2D eigenvalue weighted by Crippen LogP contribution is -2.33. The van der Waals surface area contributed by atoms with Gasteiger partial charge in [-0.2, -0.15) is 0 Å². The molecule has 134 valence electrons. The summed E-state index contributed by atoms with van der Waals surface area (Å²) in [4.78, 5) is 29.0. The summed E-state index contributed by atoms with van der Waals surface area (Å²) in [6, 6.07) is 11.0. The van der Waals surface area contributed by atoms with Crippen LogP contribution in [-0.4, -0.2) is 17.3 Å². The number of carbonyl (C=O) groups is 2. The normalized spacial score (nSPS) is 20.1. The average molecular weight is 370 g/mol. The number of aliphatic imine (C=N–C) groups is 1. The fraction of sp³-hybridized carbons (Fsp3) is 0.286. The van der Waals surface area contributed by atoms with Crippen LogP contribution >= 0.6 is 11.6 Å². The van der Waals surface area contributed by atoms with Gasteiger partial charge in [0.1, 0.15) is 17.3 Å². The Morgan fingerprint density at radius 1 is 1.12 bits per heavy atom. The molecule has 0 radical (unpaired) electrons. The SMILES string of the molecule is CC(=O)C1=C(C)N=C(C)C(C(C)=O)[C@@H]1c1ccc(-c2cccc(Cl)c2)o1. The minimum atomic E-state index is -0.504. The van der Waals surface area contributed by atoms with Crippen LogP contribution in [0.4, 0.5) is 0 Å². The van der Waals surface area contributed by atoms with Gasteiger partial charge < -0.3 is 4.42 Å². The third-order valence-corrected chi connectivity index (χ3v) is 4.92. The molecule has 1 aliphatic heterocycles. The molecule has 2 heterocycles. The summed E-state index contributed by atoms with van der Waals surface area (Å²) in [7, 11) is 0. The Bertz CT molecular complexity index is 952. The fourth-order valence-corrected chi connectivity index (χ4v) is 3.84. The van der Waals surface area contributed by atoms with Crippen molar-refractivity contribution < 1.29 is 14.0 Å². The van der Waals surface area contributed by atoms with Crippen molar-refractivity contribution in [2.45, 2.75) is 33.6 Å². The number of halogens is 1. The quantitative estimate of drug-likeness (QED) is 0.741. The van der Waals surface area contributed by atoms with E-state index in [4.69, 9.17) is 16.0 Å². The summed E-state index contributed by atoms with van der Waals surface area (Å²) >= 11 is 6.06. The van der Waals surface area contributed by atoms with Crippen LogP contribution in [-0.2, 0) is 9.59 Å². The van der Waals surface area contributed by atoms with Crippen LogP contribution in [0.25, 0.3) is 11.3 Å². The van der Waals surface area contributed by atoms with E-state index in [1.54, 1.807) is 13.0 Å². The maximum absolute atomic E-state index is 12.3. The Kier molecular flexibility index (Phi) is 4.97. The second-order valence-corrected chi connectivity index (χ2v) is 7.02. The van der Waals surface area contributed by atoms with Crippen LogP contribution in [0.3, 0.4) is 0 Å². The predicted octanol–water partition coefficient (Wildman–Crippen LogP) is 5.23. The zero-order valence-electron chi connectivity index (χ0n) is 15.2. The van der Waals surface area contributed by atoms with Crippen LogP contribution in [0.2, 0.25) is 5.02 Å². The third kappa shape index (κ3) is 3.29. The molecule has 1 aromatic heterocycles. The van der Waals surface area contributed by atoms with Gasteiger partial charge >= 0.3 is 0 Å². The minimum Gasteiger partial charge on any atom is -0.460 e. The zero-order chi connectivity index (χ0) is 19.0. The van der Waals surface area contributed by atoms with Gasteiger partial charge in [-0.1, -0.05) is 23.7 Å². The van der Waals surface area contributed by atoms with E-state index in [1.807, 2.05) is 37.3 Å². The average Bonchev–Trinajstić information content (AvgIpc) is 3.02. The van der Waals surface area contributed by atoms with Crippen LogP contribution in [0.1, 0.15) is 39.4 Å². The molecular formula is C21H20ClNO3. The number of carbonyl (C=O) groups excluding carboxylic acids is 2. The molecule has 1 aliphatic rings. The number of nitrogens with zero attached hydrogens (tertiary/aromatic N) is 1. The Morgan fingerprint density at radius 2 is 1.85 bits per heavy atom. The molecule has 0 N–H and O–H groups in total. The molecule has 0 saturated heterocycles. The Labute approximate surface area is 157 Å². The number of rotatable bonds is 4.